The first-order valence-corrected chi connectivity index (χ1v) is 30.3. The minimum absolute atomic E-state index is 0.0439. The van der Waals surface area contributed by atoms with E-state index in [1.807, 2.05) is 0 Å². The average Bonchev–Trinajstić information content (AvgIpc) is 3.39. The van der Waals surface area contributed by atoms with Crippen LogP contribution in [0, 0.1) is 0 Å². The molecule has 1 saturated heterocycles. The second kappa shape index (κ2) is 51.2. The molecule has 12 nitrogen and oxygen atoms in total. The molecule has 3 N–H and O–H groups in total. The van der Waals surface area contributed by atoms with Crippen LogP contribution in [-0.4, -0.2) is 89.2 Å². The number of carboxylic acids is 1. The maximum atomic E-state index is 13.1. The number of esters is 3. The number of unbranched alkanes of at least 4 members (excludes halogenated alkanes) is 27. The molecule has 0 amide bonds. The van der Waals surface area contributed by atoms with Gasteiger partial charge in [0.25, 0.3) is 0 Å². The highest BCUT2D eigenvalue weighted by atomic mass is 16.7. The maximum absolute atomic E-state index is 13.1. The molecule has 0 saturated carbocycles. The van der Waals surface area contributed by atoms with Gasteiger partial charge in [-0.3, -0.25) is 14.4 Å². The van der Waals surface area contributed by atoms with Gasteiger partial charge in [-0.1, -0.05) is 223 Å². The van der Waals surface area contributed by atoms with Gasteiger partial charge < -0.3 is 39.0 Å². The van der Waals surface area contributed by atoms with E-state index in [0.717, 1.165) is 122 Å². The number of ether oxygens (including phenoxy) is 5. The van der Waals surface area contributed by atoms with E-state index >= 15 is 0 Å². The molecular weight excluding hydrogens is 949 g/mol. The second-order valence-electron chi connectivity index (χ2n) is 20.6. The lowest BCUT2D eigenvalue weighted by molar-refractivity contribution is -0.301. The second-order valence-corrected chi connectivity index (χ2v) is 20.6. The number of allylic oxidation sites excluding steroid dienone is 10. The van der Waals surface area contributed by atoms with Crippen molar-refractivity contribution in [3.8, 4) is 0 Å². The van der Waals surface area contributed by atoms with Crippen LogP contribution in [0.3, 0.4) is 0 Å². The van der Waals surface area contributed by atoms with Crippen LogP contribution < -0.4 is 0 Å². The molecular formula is C63H108O12. The van der Waals surface area contributed by atoms with Gasteiger partial charge in [-0.05, 0) is 83.5 Å². The van der Waals surface area contributed by atoms with Crippen LogP contribution in [0.1, 0.15) is 265 Å². The zero-order valence-electron chi connectivity index (χ0n) is 47.5. The summed E-state index contributed by atoms with van der Waals surface area (Å²) in [4.78, 5) is 51.1. The first-order valence-electron chi connectivity index (χ1n) is 30.3. The first kappa shape index (κ1) is 69.4. The SMILES string of the molecule is CC/C=C\C/C=C\C/C=C\C/C=C\CCCCCCCCC(=O)OC1C(OCC(COC(=O)CCCCCCC/C=C\CCCCCCCC)OC(=O)CCCCCCCCCCCCC)OC(C(=O)O)C(O)C1O. The van der Waals surface area contributed by atoms with E-state index < -0.39 is 67.3 Å². The number of carboxylic acid groups (broad SMARTS) is 1. The molecule has 0 radical (unpaired) electrons. The van der Waals surface area contributed by atoms with E-state index in [1.54, 1.807) is 0 Å². The van der Waals surface area contributed by atoms with Crippen molar-refractivity contribution in [3.63, 3.8) is 0 Å². The number of aliphatic hydroxyl groups is 2. The molecule has 0 aromatic heterocycles. The minimum Gasteiger partial charge on any atom is -0.479 e. The van der Waals surface area contributed by atoms with Crippen LogP contribution in [0.4, 0.5) is 0 Å². The zero-order valence-corrected chi connectivity index (χ0v) is 47.5. The van der Waals surface area contributed by atoms with Crippen LogP contribution in [0.2, 0.25) is 0 Å². The molecule has 6 unspecified atom stereocenters. The summed E-state index contributed by atoms with van der Waals surface area (Å²) >= 11 is 0. The number of aliphatic carboxylic acids is 1. The maximum Gasteiger partial charge on any atom is 0.335 e. The summed E-state index contributed by atoms with van der Waals surface area (Å²) in [6.45, 7) is 5.87. The van der Waals surface area contributed by atoms with Gasteiger partial charge in [0.05, 0.1) is 6.61 Å². The molecule has 1 rings (SSSR count). The van der Waals surface area contributed by atoms with Crippen molar-refractivity contribution in [2.24, 2.45) is 0 Å². The molecule has 12 heteroatoms. The molecule has 75 heavy (non-hydrogen) atoms. The highest BCUT2D eigenvalue weighted by molar-refractivity contribution is 5.74. The molecule has 0 aliphatic carbocycles. The summed E-state index contributed by atoms with van der Waals surface area (Å²) < 4.78 is 28.4. The van der Waals surface area contributed by atoms with Gasteiger partial charge in [-0.2, -0.15) is 0 Å². The van der Waals surface area contributed by atoms with Crippen LogP contribution in [0.25, 0.3) is 0 Å². The Kier molecular flexibility index (Phi) is 47.4. The molecule has 1 aliphatic heterocycles. The normalized spacial score (nSPS) is 18.5. The Hall–Kier alpha value is -3.58. The Morgan fingerprint density at radius 1 is 0.453 bits per heavy atom. The standard InChI is InChI=1S/C63H108O12/c1-4-7-10-13-16-19-22-24-26-27-28-29-31-33-36-39-42-45-48-51-57(66)74-61-59(68)58(67)60(62(69)70)75-63(61)72-53-54(73-56(65)50-47-44-41-38-34-21-18-15-12-9-6-3)52-71-55(64)49-46-43-40-37-35-32-30-25-23-20-17-14-11-8-5-2/h7,10,16,19,24-26,28-30,54,58-61,63,67-68H,4-6,8-9,11-15,17-18,20-23,27,31-53H2,1-3H3,(H,69,70)/b10-7-,19-16-,26-24-,29-28-,30-25-. The van der Waals surface area contributed by atoms with Gasteiger partial charge in [0, 0.05) is 19.3 Å². The molecule has 1 aliphatic rings. The highest BCUT2D eigenvalue weighted by Crippen LogP contribution is 2.26. The average molecular weight is 1060 g/mol. The Balaban J connectivity index is 2.66. The largest absolute Gasteiger partial charge is 0.479 e. The van der Waals surface area contributed by atoms with Crippen molar-refractivity contribution in [1.29, 1.82) is 0 Å². The third kappa shape index (κ3) is 41.2. The topological polar surface area (TPSA) is 175 Å². The molecule has 432 valence electrons. The van der Waals surface area contributed by atoms with Gasteiger partial charge in [0.1, 0.15) is 18.8 Å². The highest BCUT2D eigenvalue weighted by Gasteiger charge is 2.50. The Labute approximate surface area is 456 Å². The van der Waals surface area contributed by atoms with Crippen molar-refractivity contribution in [3.05, 3.63) is 60.8 Å². The van der Waals surface area contributed by atoms with Crippen molar-refractivity contribution in [2.75, 3.05) is 13.2 Å². The van der Waals surface area contributed by atoms with Crippen molar-refractivity contribution in [1.82, 2.24) is 0 Å². The monoisotopic (exact) mass is 1060 g/mol. The summed E-state index contributed by atoms with van der Waals surface area (Å²) in [5.41, 5.74) is 0. The lowest BCUT2D eigenvalue weighted by atomic mass is 9.98. The van der Waals surface area contributed by atoms with Crippen molar-refractivity contribution < 1.29 is 58.2 Å². The predicted octanol–water partition coefficient (Wildman–Crippen LogP) is 15.6. The van der Waals surface area contributed by atoms with E-state index in [4.69, 9.17) is 23.7 Å². The smallest absolute Gasteiger partial charge is 0.335 e. The Bertz CT molecular complexity index is 1540. The van der Waals surface area contributed by atoms with E-state index in [0.29, 0.717) is 19.3 Å². The van der Waals surface area contributed by atoms with Gasteiger partial charge in [-0.15, -0.1) is 0 Å². The number of carbonyl (C=O) groups excluding carboxylic acids is 3. The summed E-state index contributed by atoms with van der Waals surface area (Å²) in [5.74, 6) is -3.13. The quantitative estimate of drug-likeness (QED) is 0.0228. The first-order chi connectivity index (χ1) is 36.6. The molecule has 6 atom stereocenters. The number of hydrogen-bond acceptors (Lipinski definition) is 11. The van der Waals surface area contributed by atoms with Gasteiger partial charge >= 0.3 is 23.9 Å². The molecule has 0 aromatic rings. The van der Waals surface area contributed by atoms with Gasteiger partial charge in [0.15, 0.2) is 24.6 Å². The van der Waals surface area contributed by atoms with E-state index in [1.165, 1.54) is 83.5 Å². The number of aliphatic hydroxyl groups excluding tert-OH is 2. The van der Waals surface area contributed by atoms with Crippen LogP contribution in [0.15, 0.2) is 60.8 Å². The van der Waals surface area contributed by atoms with Crippen LogP contribution >= 0.6 is 0 Å². The molecule has 0 spiro atoms. The van der Waals surface area contributed by atoms with Crippen LogP contribution in [0.5, 0.6) is 0 Å². The third-order valence-electron chi connectivity index (χ3n) is 13.6. The molecule has 0 bridgehead atoms. The molecule has 1 heterocycles. The molecule has 0 aromatic carbocycles. The fourth-order valence-corrected chi connectivity index (χ4v) is 8.94. The fraction of sp³-hybridized carbons (Fsp3) is 0.778. The Morgan fingerprint density at radius 2 is 0.840 bits per heavy atom. The number of carbonyl (C=O) groups is 4. The van der Waals surface area contributed by atoms with Crippen molar-refractivity contribution in [2.45, 2.75) is 302 Å². The zero-order chi connectivity index (χ0) is 54.7. The lowest BCUT2D eigenvalue weighted by Crippen LogP contribution is -2.61. The number of hydrogen-bond donors (Lipinski definition) is 3. The van der Waals surface area contributed by atoms with E-state index in [2.05, 4.69) is 81.5 Å². The number of rotatable bonds is 51. The summed E-state index contributed by atoms with van der Waals surface area (Å²) in [5, 5.41) is 31.5. The van der Waals surface area contributed by atoms with Crippen molar-refractivity contribution >= 4 is 23.9 Å². The summed E-state index contributed by atoms with van der Waals surface area (Å²) in [6.07, 6.45) is 50.4. The minimum atomic E-state index is -1.91. The van der Waals surface area contributed by atoms with Gasteiger partial charge in [-0.25, -0.2) is 4.79 Å². The third-order valence-corrected chi connectivity index (χ3v) is 13.6. The summed E-state index contributed by atoms with van der Waals surface area (Å²) in [6, 6.07) is 0. The van der Waals surface area contributed by atoms with E-state index in [9.17, 15) is 34.5 Å². The lowest BCUT2D eigenvalue weighted by Gasteiger charge is -2.40. The van der Waals surface area contributed by atoms with Crippen LogP contribution in [-0.2, 0) is 42.9 Å². The summed E-state index contributed by atoms with van der Waals surface area (Å²) in [7, 11) is 0. The fourth-order valence-electron chi connectivity index (χ4n) is 8.94. The Morgan fingerprint density at radius 3 is 1.29 bits per heavy atom. The van der Waals surface area contributed by atoms with E-state index in [-0.39, 0.29) is 25.9 Å². The predicted molar refractivity (Wildman–Crippen MR) is 303 cm³/mol. The molecule has 1 fully saturated rings. The van der Waals surface area contributed by atoms with Gasteiger partial charge in [0.2, 0.25) is 0 Å².